The van der Waals surface area contributed by atoms with Crippen LogP contribution < -0.4 is 10.1 Å². The smallest absolute Gasteiger partial charge is 0.252 e. The normalized spacial score (nSPS) is 10.4. The van der Waals surface area contributed by atoms with Crippen LogP contribution in [-0.4, -0.2) is 29.0 Å². The van der Waals surface area contributed by atoms with Crippen molar-refractivity contribution < 1.29 is 9.53 Å². The number of carbonyl (C=O) groups excluding carboxylic acids is 1. The summed E-state index contributed by atoms with van der Waals surface area (Å²) in [6.45, 7) is 0.499. The van der Waals surface area contributed by atoms with Crippen molar-refractivity contribution in [3.8, 4) is 17.6 Å². The fraction of sp³-hybridized carbons (Fsp3) is 0.0909. The van der Waals surface area contributed by atoms with Crippen molar-refractivity contribution in [2.45, 2.75) is 0 Å². The first kappa shape index (κ1) is 16.7. The van der Waals surface area contributed by atoms with E-state index < -0.39 is 0 Å². The highest BCUT2D eigenvalue weighted by atomic mass is 16.5. The van der Waals surface area contributed by atoms with Crippen molar-refractivity contribution in [3.05, 3.63) is 72.6 Å². The van der Waals surface area contributed by atoms with Gasteiger partial charge in [-0.2, -0.15) is 0 Å². The van der Waals surface area contributed by atoms with Crippen molar-refractivity contribution in [1.29, 1.82) is 0 Å². The van der Waals surface area contributed by atoms with Crippen LogP contribution in [0.4, 0.5) is 0 Å². The summed E-state index contributed by atoms with van der Waals surface area (Å²) in [4.78, 5) is 19.6. The van der Waals surface area contributed by atoms with Gasteiger partial charge in [0.05, 0.1) is 6.54 Å². The molecule has 0 spiro atoms. The Morgan fingerprint density at radius 3 is 2.96 bits per heavy atom. The molecule has 4 aromatic rings. The molecule has 0 bridgehead atoms. The minimum absolute atomic E-state index is 0.153. The molecule has 1 amide bonds. The number of amides is 1. The number of rotatable bonds is 4. The Morgan fingerprint density at radius 1 is 1.07 bits per heavy atom. The quantitative estimate of drug-likeness (QED) is 0.550. The summed E-state index contributed by atoms with van der Waals surface area (Å²) < 4.78 is 5.70. The Kier molecular flexibility index (Phi) is 4.71. The van der Waals surface area contributed by atoms with Gasteiger partial charge < -0.3 is 15.0 Å². The second kappa shape index (κ2) is 7.63. The minimum atomic E-state index is -0.153. The Hall–Kier alpha value is -3.78. The third-order valence-corrected chi connectivity index (χ3v) is 4.18. The summed E-state index contributed by atoms with van der Waals surface area (Å²) in [7, 11) is 0. The van der Waals surface area contributed by atoms with Crippen LogP contribution in [0.15, 0.2) is 67.0 Å². The standard InChI is InChI=1S/C22H17N3O2/c26-22(18-9-8-16-10-13-23-19(16)15-18)25-11-1-2-14-27-20-7-3-5-17-6-4-12-24-21(17)20/h3-10,12-13,15,23H,11,14H2,(H,25,26). The maximum Gasteiger partial charge on any atom is 0.252 e. The molecule has 27 heavy (non-hydrogen) atoms. The largest absolute Gasteiger partial charge is 0.479 e. The molecular weight excluding hydrogens is 338 g/mol. The number of fused-ring (bicyclic) bond motifs is 2. The number of ether oxygens (including phenoxy) is 1. The lowest BCUT2D eigenvalue weighted by Gasteiger charge is -2.05. The molecule has 0 aliphatic rings. The Labute approximate surface area is 156 Å². The highest BCUT2D eigenvalue weighted by molar-refractivity contribution is 5.98. The van der Waals surface area contributed by atoms with Gasteiger partial charge in [0.1, 0.15) is 17.9 Å². The van der Waals surface area contributed by atoms with Crippen LogP contribution in [0.1, 0.15) is 10.4 Å². The number of benzene rings is 2. The number of H-pyrrole nitrogens is 1. The molecule has 132 valence electrons. The molecule has 5 nitrogen and oxygen atoms in total. The van der Waals surface area contributed by atoms with Crippen LogP contribution in [0.2, 0.25) is 0 Å². The van der Waals surface area contributed by atoms with Gasteiger partial charge in [-0.3, -0.25) is 9.78 Å². The molecule has 0 aliphatic carbocycles. The molecule has 2 aromatic carbocycles. The van der Waals surface area contributed by atoms with Gasteiger partial charge in [-0.15, -0.1) is 0 Å². The molecule has 0 fully saturated rings. The number of aromatic nitrogens is 2. The third kappa shape index (κ3) is 3.75. The van der Waals surface area contributed by atoms with Crippen molar-refractivity contribution in [1.82, 2.24) is 15.3 Å². The number of carbonyl (C=O) groups is 1. The minimum Gasteiger partial charge on any atom is -0.479 e. The van der Waals surface area contributed by atoms with Crippen LogP contribution in [-0.2, 0) is 0 Å². The molecule has 2 heterocycles. The molecule has 2 N–H and O–H groups in total. The molecule has 2 aromatic heterocycles. The molecule has 0 unspecified atom stereocenters. The van der Waals surface area contributed by atoms with Crippen LogP contribution >= 0.6 is 0 Å². The van der Waals surface area contributed by atoms with Gasteiger partial charge in [0, 0.05) is 28.9 Å². The van der Waals surface area contributed by atoms with E-state index >= 15 is 0 Å². The summed E-state index contributed by atoms with van der Waals surface area (Å²) in [6.07, 6.45) is 3.59. The highest BCUT2D eigenvalue weighted by Crippen LogP contribution is 2.22. The van der Waals surface area contributed by atoms with Gasteiger partial charge in [0.2, 0.25) is 0 Å². The Bertz CT molecular complexity index is 1160. The average Bonchev–Trinajstić information content (AvgIpc) is 3.18. The lowest BCUT2D eigenvalue weighted by Crippen LogP contribution is -2.23. The van der Waals surface area contributed by atoms with Gasteiger partial charge in [0.25, 0.3) is 5.91 Å². The summed E-state index contributed by atoms with van der Waals surface area (Å²) >= 11 is 0. The Morgan fingerprint density at radius 2 is 2.00 bits per heavy atom. The number of aromatic amines is 1. The number of pyridine rings is 1. The van der Waals surface area contributed by atoms with E-state index in [9.17, 15) is 4.79 Å². The number of para-hydroxylation sites is 1. The van der Waals surface area contributed by atoms with Crippen molar-refractivity contribution in [2.24, 2.45) is 0 Å². The molecule has 0 radical (unpaired) electrons. The second-order valence-corrected chi connectivity index (χ2v) is 5.94. The van der Waals surface area contributed by atoms with Crippen molar-refractivity contribution in [2.75, 3.05) is 13.2 Å². The zero-order chi connectivity index (χ0) is 18.5. The number of hydrogen-bond acceptors (Lipinski definition) is 3. The maximum absolute atomic E-state index is 12.2. The summed E-state index contributed by atoms with van der Waals surface area (Å²) in [5.74, 6) is 6.36. The first-order valence-electron chi connectivity index (χ1n) is 8.59. The lowest BCUT2D eigenvalue weighted by molar-refractivity contribution is 0.0959. The van der Waals surface area contributed by atoms with Crippen LogP contribution in [0, 0.1) is 11.8 Å². The van der Waals surface area contributed by atoms with E-state index in [1.54, 1.807) is 12.3 Å². The van der Waals surface area contributed by atoms with Gasteiger partial charge in [-0.1, -0.05) is 36.1 Å². The molecule has 0 aliphatic heterocycles. The first-order valence-corrected chi connectivity index (χ1v) is 8.59. The fourth-order valence-electron chi connectivity index (χ4n) is 2.84. The van der Waals surface area contributed by atoms with E-state index in [0.717, 1.165) is 21.8 Å². The van der Waals surface area contributed by atoms with E-state index in [4.69, 9.17) is 4.74 Å². The topological polar surface area (TPSA) is 67.0 Å². The summed E-state index contributed by atoms with van der Waals surface area (Å²) in [5, 5.41) is 4.89. The fourth-order valence-corrected chi connectivity index (χ4v) is 2.84. The van der Waals surface area contributed by atoms with Gasteiger partial charge in [0.15, 0.2) is 0 Å². The summed E-state index contributed by atoms with van der Waals surface area (Å²) in [6, 6.07) is 17.2. The number of hydrogen-bond donors (Lipinski definition) is 2. The maximum atomic E-state index is 12.2. The predicted molar refractivity (Wildman–Crippen MR) is 106 cm³/mol. The molecule has 0 saturated carbocycles. The third-order valence-electron chi connectivity index (χ3n) is 4.18. The summed E-state index contributed by atoms with van der Waals surface area (Å²) in [5.41, 5.74) is 2.35. The van der Waals surface area contributed by atoms with Gasteiger partial charge >= 0.3 is 0 Å². The first-order chi connectivity index (χ1) is 13.3. The van der Waals surface area contributed by atoms with E-state index in [2.05, 4.69) is 27.1 Å². The highest BCUT2D eigenvalue weighted by Gasteiger charge is 2.05. The number of nitrogens with zero attached hydrogens (tertiary/aromatic N) is 1. The molecule has 0 saturated heterocycles. The monoisotopic (exact) mass is 355 g/mol. The average molecular weight is 355 g/mol. The van der Waals surface area contributed by atoms with E-state index in [1.165, 1.54) is 0 Å². The van der Waals surface area contributed by atoms with E-state index in [0.29, 0.717) is 11.3 Å². The van der Waals surface area contributed by atoms with Crippen molar-refractivity contribution in [3.63, 3.8) is 0 Å². The zero-order valence-electron chi connectivity index (χ0n) is 14.5. The van der Waals surface area contributed by atoms with Gasteiger partial charge in [-0.05, 0) is 35.7 Å². The van der Waals surface area contributed by atoms with Crippen LogP contribution in [0.25, 0.3) is 21.8 Å². The predicted octanol–water partition coefficient (Wildman–Crippen LogP) is 3.53. The van der Waals surface area contributed by atoms with Gasteiger partial charge in [-0.25, -0.2) is 0 Å². The van der Waals surface area contributed by atoms with Crippen LogP contribution in [0.3, 0.4) is 0 Å². The van der Waals surface area contributed by atoms with Crippen molar-refractivity contribution >= 4 is 27.7 Å². The Balaban J connectivity index is 1.31. The van der Waals surface area contributed by atoms with E-state index in [1.807, 2.05) is 54.7 Å². The lowest BCUT2D eigenvalue weighted by atomic mass is 10.1. The second-order valence-electron chi connectivity index (χ2n) is 5.94. The molecular formula is C22H17N3O2. The molecule has 5 heteroatoms. The number of nitrogens with one attached hydrogen (secondary N) is 2. The van der Waals surface area contributed by atoms with E-state index in [-0.39, 0.29) is 19.1 Å². The molecule has 4 rings (SSSR count). The SMILES string of the molecule is O=C(NCC#CCOc1cccc2cccnc12)c1ccc2cc[nH]c2c1. The zero-order valence-corrected chi connectivity index (χ0v) is 14.5. The molecule has 0 atom stereocenters. The van der Waals surface area contributed by atoms with Crippen LogP contribution in [0.5, 0.6) is 5.75 Å².